The maximum absolute atomic E-state index is 13.0. The van der Waals surface area contributed by atoms with Gasteiger partial charge in [-0.15, -0.1) is 0 Å². The first-order chi connectivity index (χ1) is 15.6. The van der Waals surface area contributed by atoms with Crippen LogP contribution in [0.4, 0.5) is 15.8 Å². The van der Waals surface area contributed by atoms with Gasteiger partial charge in [-0.05, 0) is 66.3 Å². The van der Waals surface area contributed by atoms with Crippen molar-refractivity contribution in [3.8, 4) is 0 Å². The van der Waals surface area contributed by atoms with Crippen LogP contribution < -0.4 is 15.5 Å². The van der Waals surface area contributed by atoms with Crippen LogP contribution in [0.3, 0.4) is 0 Å². The van der Waals surface area contributed by atoms with Crippen molar-refractivity contribution in [1.29, 1.82) is 0 Å². The molecule has 1 heterocycles. The number of nitrogens with one attached hydrogen (secondary N) is 2. The first kappa shape index (κ1) is 21.9. The molecule has 1 aliphatic heterocycles. The maximum atomic E-state index is 13.0. The van der Waals surface area contributed by atoms with Gasteiger partial charge in [0, 0.05) is 49.7 Å². The van der Waals surface area contributed by atoms with E-state index >= 15 is 0 Å². The monoisotopic (exact) mass is 448 g/mol. The Kier molecular flexibility index (Phi) is 7.09. The predicted molar refractivity (Wildman–Crippen MR) is 130 cm³/mol. The molecule has 4 rings (SSSR count). The Morgan fingerprint density at radius 1 is 0.875 bits per heavy atom. The normalized spacial score (nSPS) is 14.1. The molecule has 3 aromatic carbocycles. The number of anilines is 2. The Balaban J connectivity index is 1.25. The van der Waals surface area contributed by atoms with E-state index in [9.17, 15) is 9.18 Å². The predicted octanol–water partition coefficient (Wildman–Crippen LogP) is 4.27. The zero-order chi connectivity index (χ0) is 22.3. The van der Waals surface area contributed by atoms with E-state index in [0.717, 1.165) is 44.1 Å². The molecule has 32 heavy (non-hydrogen) atoms. The quantitative estimate of drug-likeness (QED) is 0.571. The number of hydrogen-bond acceptors (Lipinski definition) is 4. The van der Waals surface area contributed by atoms with Gasteiger partial charge in [0.25, 0.3) is 5.91 Å². The molecule has 1 fully saturated rings. The lowest BCUT2D eigenvalue weighted by atomic mass is 10.2. The highest BCUT2D eigenvalue weighted by molar-refractivity contribution is 7.80. The first-order valence-corrected chi connectivity index (χ1v) is 11.0. The molecule has 2 N–H and O–H groups in total. The van der Waals surface area contributed by atoms with Gasteiger partial charge in [-0.25, -0.2) is 4.39 Å². The summed E-state index contributed by atoms with van der Waals surface area (Å²) in [5, 5.41) is 5.82. The largest absolute Gasteiger partial charge is 0.369 e. The second kappa shape index (κ2) is 10.3. The van der Waals surface area contributed by atoms with Crippen molar-refractivity contribution in [3.63, 3.8) is 0 Å². The van der Waals surface area contributed by atoms with Gasteiger partial charge in [-0.1, -0.05) is 30.3 Å². The number of carbonyl (C=O) groups is 1. The molecule has 1 saturated heterocycles. The van der Waals surface area contributed by atoms with E-state index in [2.05, 4.69) is 56.8 Å². The van der Waals surface area contributed by atoms with Gasteiger partial charge in [0.1, 0.15) is 5.82 Å². The van der Waals surface area contributed by atoms with Crippen LogP contribution in [-0.4, -0.2) is 42.1 Å². The van der Waals surface area contributed by atoms with Gasteiger partial charge < -0.3 is 10.2 Å². The fraction of sp³-hybridized carbons (Fsp3) is 0.200. The minimum atomic E-state index is -0.389. The molecule has 0 saturated carbocycles. The lowest BCUT2D eigenvalue weighted by Gasteiger charge is -2.36. The minimum absolute atomic E-state index is 0.196. The second-order valence-electron chi connectivity index (χ2n) is 7.71. The Bertz CT molecular complexity index is 1050. The van der Waals surface area contributed by atoms with Crippen LogP contribution in [0.25, 0.3) is 0 Å². The number of benzene rings is 3. The van der Waals surface area contributed by atoms with Gasteiger partial charge in [-0.3, -0.25) is 15.0 Å². The summed E-state index contributed by atoms with van der Waals surface area (Å²) >= 11 is 5.23. The molecule has 0 atom stereocenters. The highest BCUT2D eigenvalue weighted by Gasteiger charge is 2.17. The summed E-state index contributed by atoms with van der Waals surface area (Å²) < 4.78 is 13.0. The van der Waals surface area contributed by atoms with Crippen LogP contribution in [0.2, 0.25) is 0 Å². The van der Waals surface area contributed by atoms with Gasteiger partial charge in [0.15, 0.2) is 5.11 Å². The molecule has 0 aromatic heterocycles. The van der Waals surface area contributed by atoms with E-state index < -0.39 is 0 Å². The Morgan fingerprint density at radius 3 is 2.19 bits per heavy atom. The van der Waals surface area contributed by atoms with Crippen LogP contribution in [0, 0.1) is 5.82 Å². The molecular formula is C25H25FN4OS. The molecule has 1 aliphatic rings. The van der Waals surface area contributed by atoms with Crippen molar-refractivity contribution >= 4 is 34.6 Å². The lowest BCUT2D eigenvalue weighted by Crippen LogP contribution is -2.45. The zero-order valence-corrected chi connectivity index (χ0v) is 18.4. The summed E-state index contributed by atoms with van der Waals surface area (Å²) in [5.74, 6) is -0.771. The van der Waals surface area contributed by atoms with Gasteiger partial charge >= 0.3 is 0 Å². The van der Waals surface area contributed by atoms with Crippen molar-refractivity contribution in [2.75, 3.05) is 36.4 Å². The molecule has 5 nitrogen and oxygen atoms in total. The van der Waals surface area contributed by atoms with E-state index in [4.69, 9.17) is 12.2 Å². The average Bonchev–Trinajstić information content (AvgIpc) is 2.81. The summed E-state index contributed by atoms with van der Waals surface area (Å²) in [6.45, 7) is 4.99. The number of nitrogens with zero attached hydrogens (tertiary/aromatic N) is 2. The number of hydrogen-bond donors (Lipinski definition) is 2. The lowest BCUT2D eigenvalue weighted by molar-refractivity contribution is 0.0977. The van der Waals surface area contributed by atoms with Crippen LogP contribution >= 0.6 is 12.2 Å². The second-order valence-corrected chi connectivity index (χ2v) is 8.12. The van der Waals surface area contributed by atoms with Crippen molar-refractivity contribution in [3.05, 3.63) is 95.8 Å². The number of piperazine rings is 1. The molecule has 0 spiro atoms. The fourth-order valence-electron chi connectivity index (χ4n) is 3.70. The van der Waals surface area contributed by atoms with E-state index in [1.165, 1.54) is 29.8 Å². The fourth-order valence-corrected chi connectivity index (χ4v) is 3.91. The molecule has 7 heteroatoms. The number of carbonyl (C=O) groups excluding carboxylic acids is 1. The first-order valence-electron chi connectivity index (χ1n) is 10.6. The van der Waals surface area contributed by atoms with Gasteiger partial charge in [0.2, 0.25) is 0 Å². The third-order valence-electron chi connectivity index (χ3n) is 5.45. The highest BCUT2D eigenvalue weighted by atomic mass is 32.1. The van der Waals surface area contributed by atoms with Gasteiger partial charge in [-0.2, -0.15) is 0 Å². The molecule has 0 unspecified atom stereocenters. The number of rotatable bonds is 5. The van der Waals surface area contributed by atoms with Crippen LogP contribution in [0.15, 0.2) is 78.9 Å². The molecule has 164 valence electrons. The maximum Gasteiger partial charge on any atom is 0.257 e. The third kappa shape index (κ3) is 5.90. The smallest absolute Gasteiger partial charge is 0.257 e. The molecule has 3 aromatic rings. The van der Waals surface area contributed by atoms with Gasteiger partial charge in [0.05, 0.1) is 0 Å². The summed E-state index contributed by atoms with van der Waals surface area (Å²) in [5.41, 5.74) is 3.65. The Hall–Kier alpha value is -3.29. The van der Waals surface area contributed by atoms with E-state index in [-0.39, 0.29) is 16.8 Å². The summed E-state index contributed by atoms with van der Waals surface area (Å²) in [6.07, 6.45) is 0. The molecular weight excluding hydrogens is 423 g/mol. The zero-order valence-electron chi connectivity index (χ0n) is 17.6. The van der Waals surface area contributed by atoms with Crippen LogP contribution in [0.5, 0.6) is 0 Å². The summed E-state index contributed by atoms with van der Waals surface area (Å²) in [4.78, 5) is 17.0. The topological polar surface area (TPSA) is 47.6 Å². The van der Waals surface area contributed by atoms with Crippen molar-refractivity contribution in [2.24, 2.45) is 0 Å². The van der Waals surface area contributed by atoms with Crippen molar-refractivity contribution in [2.45, 2.75) is 6.54 Å². The number of amides is 1. The Morgan fingerprint density at radius 2 is 1.53 bits per heavy atom. The van der Waals surface area contributed by atoms with Crippen LogP contribution in [-0.2, 0) is 6.54 Å². The minimum Gasteiger partial charge on any atom is -0.369 e. The van der Waals surface area contributed by atoms with E-state index in [0.29, 0.717) is 5.56 Å². The van der Waals surface area contributed by atoms with E-state index in [1.807, 2.05) is 18.2 Å². The van der Waals surface area contributed by atoms with Crippen molar-refractivity contribution < 1.29 is 9.18 Å². The Labute approximate surface area is 192 Å². The number of halogens is 1. The third-order valence-corrected chi connectivity index (χ3v) is 5.65. The summed E-state index contributed by atoms with van der Waals surface area (Å²) in [6, 6.07) is 23.9. The molecule has 0 bridgehead atoms. The SMILES string of the molecule is O=C(NC(=S)Nc1ccc(N2CCN(Cc3ccccc3)CC2)cc1)c1ccc(F)cc1. The number of thiocarbonyl (C=S) groups is 1. The highest BCUT2D eigenvalue weighted by Crippen LogP contribution is 2.20. The standard InChI is InChI=1S/C25H25FN4OS/c26-21-8-6-20(7-9-21)24(31)28-25(32)27-22-10-12-23(13-11-22)30-16-14-29(15-17-30)18-19-4-2-1-3-5-19/h1-13H,14-18H2,(H2,27,28,31,32). The van der Waals surface area contributed by atoms with E-state index in [1.54, 1.807) is 0 Å². The van der Waals surface area contributed by atoms with Crippen molar-refractivity contribution in [1.82, 2.24) is 10.2 Å². The average molecular weight is 449 g/mol. The van der Waals surface area contributed by atoms with Crippen LogP contribution in [0.1, 0.15) is 15.9 Å². The molecule has 1 amide bonds. The molecule has 0 aliphatic carbocycles. The summed E-state index contributed by atoms with van der Waals surface area (Å²) in [7, 11) is 0. The molecule has 0 radical (unpaired) electrons.